The molecule has 0 spiro atoms. The van der Waals surface area contributed by atoms with Crippen LogP contribution in [0.2, 0.25) is 0 Å². The number of carbonyl (C=O) groups excluding carboxylic acids is 1. The molecule has 1 saturated heterocycles. The fourth-order valence-corrected chi connectivity index (χ4v) is 2.29. The number of halogens is 1. The Morgan fingerprint density at radius 3 is 2.90 bits per heavy atom. The van der Waals surface area contributed by atoms with Crippen molar-refractivity contribution in [2.75, 3.05) is 18.4 Å². The van der Waals surface area contributed by atoms with Gasteiger partial charge in [0.1, 0.15) is 5.82 Å². The van der Waals surface area contributed by atoms with Crippen molar-refractivity contribution < 1.29 is 19.1 Å². The summed E-state index contributed by atoms with van der Waals surface area (Å²) in [4.78, 5) is 24.5. The number of carboxylic acid groups (broad SMARTS) is 1. The third-order valence-corrected chi connectivity index (χ3v) is 3.50. The predicted octanol–water partition coefficient (Wildman–Crippen LogP) is 2.46. The Labute approximate surface area is 116 Å². The zero-order chi connectivity index (χ0) is 14.7. The number of amides is 2. The average Bonchev–Trinajstić information content (AvgIpc) is 2.43. The zero-order valence-electron chi connectivity index (χ0n) is 11.2. The van der Waals surface area contributed by atoms with Crippen LogP contribution in [-0.4, -0.2) is 35.1 Å². The number of piperidine rings is 1. The number of hydrogen-bond acceptors (Lipinski definition) is 2. The quantitative estimate of drug-likeness (QED) is 0.874. The molecule has 0 saturated carbocycles. The molecular weight excluding hydrogens is 263 g/mol. The lowest BCUT2D eigenvalue weighted by molar-refractivity contribution is -0.143. The number of likely N-dealkylation sites (tertiary alicyclic amines) is 1. The van der Waals surface area contributed by atoms with E-state index in [-0.39, 0.29) is 12.6 Å². The minimum Gasteiger partial charge on any atom is -0.481 e. The molecule has 5 nitrogen and oxygen atoms in total. The van der Waals surface area contributed by atoms with Gasteiger partial charge in [-0.05, 0) is 37.5 Å². The molecule has 1 aliphatic rings. The predicted molar refractivity (Wildman–Crippen MR) is 72.1 cm³/mol. The van der Waals surface area contributed by atoms with E-state index in [4.69, 9.17) is 5.11 Å². The molecule has 0 aliphatic carbocycles. The number of urea groups is 1. The maximum Gasteiger partial charge on any atom is 0.321 e. The number of rotatable bonds is 2. The minimum atomic E-state index is -0.885. The first kappa shape index (κ1) is 14.3. The van der Waals surface area contributed by atoms with Gasteiger partial charge in [0.25, 0.3) is 0 Å². The summed E-state index contributed by atoms with van der Waals surface area (Å²) in [6.07, 6.45) is 1.24. The molecule has 0 bridgehead atoms. The van der Waals surface area contributed by atoms with Crippen molar-refractivity contribution in [2.45, 2.75) is 19.8 Å². The number of aryl methyl sites for hydroxylation is 1. The van der Waals surface area contributed by atoms with Crippen LogP contribution in [0.15, 0.2) is 18.2 Å². The van der Waals surface area contributed by atoms with E-state index in [2.05, 4.69) is 5.32 Å². The first-order chi connectivity index (χ1) is 9.47. The van der Waals surface area contributed by atoms with Gasteiger partial charge in [-0.15, -0.1) is 0 Å². The normalized spacial score (nSPS) is 18.7. The third-order valence-electron chi connectivity index (χ3n) is 3.50. The lowest BCUT2D eigenvalue weighted by Gasteiger charge is -2.30. The van der Waals surface area contributed by atoms with E-state index in [1.807, 2.05) is 0 Å². The van der Waals surface area contributed by atoms with Crippen LogP contribution in [0.25, 0.3) is 0 Å². The van der Waals surface area contributed by atoms with E-state index >= 15 is 0 Å². The molecule has 0 radical (unpaired) electrons. The molecule has 0 unspecified atom stereocenters. The van der Waals surface area contributed by atoms with Crippen LogP contribution in [0.5, 0.6) is 0 Å². The molecule has 1 aromatic rings. The highest BCUT2D eigenvalue weighted by atomic mass is 19.1. The van der Waals surface area contributed by atoms with Gasteiger partial charge in [-0.25, -0.2) is 9.18 Å². The maximum absolute atomic E-state index is 13.2. The topological polar surface area (TPSA) is 69.6 Å². The molecule has 6 heteroatoms. The van der Waals surface area contributed by atoms with Crippen LogP contribution in [-0.2, 0) is 4.79 Å². The van der Waals surface area contributed by atoms with E-state index in [9.17, 15) is 14.0 Å². The van der Waals surface area contributed by atoms with Gasteiger partial charge in [0.15, 0.2) is 0 Å². The molecule has 1 fully saturated rings. The second kappa shape index (κ2) is 5.90. The molecular formula is C14H17FN2O3. The van der Waals surface area contributed by atoms with Crippen LogP contribution in [0, 0.1) is 18.7 Å². The van der Waals surface area contributed by atoms with Crippen LogP contribution in [0.1, 0.15) is 18.4 Å². The standard InChI is InChI=1S/C14H17FN2O3/c1-9-4-5-11(15)7-12(9)16-14(20)17-6-2-3-10(8-17)13(18)19/h4-5,7,10H,2-3,6,8H2,1H3,(H,16,20)(H,18,19)/t10-/m1/s1. The summed E-state index contributed by atoms with van der Waals surface area (Å²) in [5, 5.41) is 11.6. The third kappa shape index (κ3) is 3.26. The van der Waals surface area contributed by atoms with Crippen molar-refractivity contribution in [3.8, 4) is 0 Å². The van der Waals surface area contributed by atoms with Gasteiger partial charge in [-0.1, -0.05) is 6.07 Å². The van der Waals surface area contributed by atoms with Gasteiger partial charge >= 0.3 is 12.0 Å². The fourth-order valence-electron chi connectivity index (χ4n) is 2.29. The van der Waals surface area contributed by atoms with Crippen molar-refractivity contribution in [3.63, 3.8) is 0 Å². The number of carbonyl (C=O) groups is 2. The summed E-state index contributed by atoms with van der Waals surface area (Å²) in [5.74, 6) is -1.83. The number of anilines is 1. The lowest BCUT2D eigenvalue weighted by Crippen LogP contribution is -2.44. The largest absolute Gasteiger partial charge is 0.481 e. The fraction of sp³-hybridized carbons (Fsp3) is 0.429. The van der Waals surface area contributed by atoms with Crippen molar-refractivity contribution >= 4 is 17.7 Å². The number of nitrogens with zero attached hydrogens (tertiary/aromatic N) is 1. The van der Waals surface area contributed by atoms with Gasteiger partial charge in [0, 0.05) is 18.8 Å². The van der Waals surface area contributed by atoms with E-state index < -0.39 is 17.7 Å². The summed E-state index contributed by atoms with van der Waals surface area (Å²) in [7, 11) is 0. The number of hydrogen-bond donors (Lipinski definition) is 2. The summed E-state index contributed by atoms with van der Waals surface area (Å²) < 4.78 is 13.2. The zero-order valence-corrected chi connectivity index (χ0v) is 11.2. The average molecular weight is 280 g/mol. The van der Waals surface area contributed by atoms with Gasteiger partial charge in [-0.3, -0.25) is 4.79 Å². The molecule has 1 atom stereocenters. The summed E-state index contributed by atoms with van der Waals surface area (Å²) in [6.45, 7) is 2.48. The molecule has 1 heterocycles. The Kier molecular flexibility index (Phi) is 4.22. The van der Waals surface area contributed by atoms with Crippen molar-refractivity contribution in [1.29, 1.82) is 0 Å². The summed E-state index contributed by atoms with van der Waals surface area (Å²) in [5.41, 5.74) is 1.17. The summed E-state index contributed by atoms with van der Waals surface area (Å²) >= 11 is 0. The highest BCUT2D eigenvalue weighted by molar-refractivity contribution is 5.90. The van der Waals surface area contributed by atoms with Crippen molar-refractivity contribution in [3.05, 3.63) is 29.6 Å². The van der Waals surface area contributed by atoms with Crippen LogP contribution >= 0.6 is 0 Å². The minimum absolute atomic E-state index is 0.190. The van der Waals surface area contributed by atoms with Gasteiger partial charge in [-0.2, -0.15) is 0 Å². The maximum atomic E-state index is 13.2. The monoisotopic (exact) mass is 280 g/mol. The molecule has 0 aromatic heterocycles. The van der Waals surface area contributed by atoms with Gasteiger partial charge in [0.05, 0.1) is 5.92 Å². The van der Waals surface area contributed by atoms with E-state index in [0.29, 0.717) is 25.1 Å². The molecule has 1 aliphatic heterocycles. The van der Waals surface area contributed by atoms with E-state index in [1.165, 1.54) is 17.0 Å². The van der Waals surface area contributed by atoms with Gasteiger partial charge in [0.2, 0.25) is 0 Å². The molecule has 2 N–H and O–H groups in total. The molecule has 2 amide bonds. The summed E-state index contributed by atoms with van der Waals surface area (Å²) in [6, 6.07) is 3.78. The number of carboxylic acids is 1. The smallest absolute Gasteiger partial charge is 0.321 e. The highest BCUT2D eigenvalue weighted by Crippen LogP contribution is 2.20. The first-order valence-corrected chi connectivity index (χ1v) is 6.52. The second-order valence-corrected chi connectivity index (χ2v) is 5.01. The van der Waals surface area contributed by atoms with Crippen LogP contribution < -0.4 is 5.32 Å². The lowest BCUT2D eigenvalue weighted by atomic mass is 9.99. The Hall–Kier alpha value is -2.11. The Morgan fingerprint density at radius 1 is 1.45 bits per heavy atom. The molecule has 108 valence electrons. The number of nitrogens with one attached hydrogen (secondary N) is 1. The number of benzene rings is 1. The Balaban J connectivity index is 2.04. The molecule has 1 aromatic carbocycles. The SMILES string of the molecule is Cc1ccc(F)cc1NC(=O)N1CCC[C@@H](C(=O)O)C1. The molecule has 20 heavy (non-hydrogen) atoms. The Bertz CT molecular complexity index is 533. The van der Waals surface area contributed by atoms with Crippen LogP contribution in [0.4, 0.5) is 14.9 Å². The molecule has 2 rings (SSSR count). The van der Waals surface area contributed by atoms with E-state index in [0.717, 1.165) is 5.56 Å². The van der Waals surface area contributed by atoms with Crippen molar-refractivity contribution in [2.24, 2.45) is 5.92 Å². The highest BCUT2D eigenvalue weighted by Gasteiger charge is 2.28. The van der Waals surface area contributed by atoms with Crippen molar-refractivity contribution in [1.82, 2.24) is 4.90 Å². The first-order valence-electron chi connectivity index (χ1n) is 6.52. The second-order valence-electron chi connectivity index (χ2n) is 5.01. The number of aliphatic carboxylic acids is 1. The van der Waals surface area contributed by atoms with Gasteiger partial charge < -0.3 is 15.3 Å². The van der Waals surface area contributed by atoms with E-state index in [1.54, 1.807) is 13.0 Å². The van der Waals surface area contributed by atoms with Crippen LogP contribution in [0.3, 0.4) is 0 Å². The Morgan fingerprint density at radius 2 is 2.20 bits per heavy atom.